The Balaban J connectivity index is 3.11. The van der Waals surface area contributed by atoms with Crippen molar-refractivity contribution in [3.63, 3.8) is 0 Å². The maximum Gasteiger partial charge on any atom is 0.325 e. The summed E-state index contributed by atoms with van der Waals surface area (Å²) in [4.78, 5) is 14.5. The SMILES string of the molecule is COc1cc(C(N)C(=O)O)c(Br)cn1. The molecule has 3 N–H and O–H groups in total. The molecule has 0 aliphatic heterocycles. The third-order valence-electron chi connectivity index (χ3n) is 1.67. The van der Waals surface area contributed by atoms with Crippen molar-refractivity contribution in [1.29, 1.82) is 0 Å². The van der Waals surface area contributed by atoms with Crippen LogP contribution in [-0.2, 0) is 4.79 Å². The molecular weight excluding hydrogens is 252 g/mol. The Labute approximate surface area is 89.0 Å². The number of carboxylic acid groups (broad SMARTS) is 1. The third kappa shape index (κ3) is 2.21. The van der Waals surface area contributed by atoms with Crippen LogP contribution in [0, 0.1) is 0 Å². The number of hydrogen-bond donors (Lipinski definition) is 2. The van der Waals surface area contributed by atoms with Gasteiger partial charge in [0.2, 0.25) is 5.88 Å². The second-order valence-electron chi connectivity index (χ2n) is 2.56. The molecule has 0 fully saturated rings. The molecule has 1 aromatic heterocycles. The lowest BCUT2D eigenvalue weighted by molar-refractivity contribution is -0.138. The van der Waals surface area contributed by atoms with Crippen LogP contribution in [0.25, 0.3) is 0 Å². The van der Waals surface area contributed by atoms with E-state index in [1.165, 1.54) is 19.4 Å². The van der Waals surface area contributed by atoms with E-state index in [0.29, 0.717) is 15.9 Å². The Bertz CT molecular complexity index is 356. The van der Waals surface area contributed by atoms with E-state index in [1.807, 2.05) is 0 Å². The molecule has 5 nitrogen and oxygen atoms in total. The summed E-state index contributed by atoms with van der Waals surface area (Å²) in [5.41, 5.74) is 5.88. The summed E-state index contributed by atoms with van der Waals surface area (Å²) in [6.45, 7) is 0. The van der Waals surface area contributed by atoms with Crippen molar-refractivity contribution >= 4 is 21.9 Å². The van der Waals surface area contributed by atoms with Crippen LogP contribution in [-0.4, -0.2) is 23.2 Å². The fraction of sp³-hybridized carbons (Fsp3) is 0.250. The lowest BCUT2D eigenvalue weighted by atomic mass is 10.1. The van der Waals surface area contributed by atoms with Crippen LogP contribution < -0.4 is 10.5 Å². The summed E-state index contributed by atoms with van der Waals surface area (Å²) in [6.07, 6.45) is 1.46. The minimum absolute atomic E-state index is 0.333. The number of carboxylic acids is 1. The summed E-state index contributed by atoms with van der Waals surface area (Å²) in [7, 11) is 1.45. The molecule has 0 bridgehead atoms. The summed E-state index contributed by atoms with van der Waals surface area (Å²) in [5, 5.41) is 8.72. The van der Waals surface area contributed by atoms with Crippen LogP contribution in [0.4, 0.5) is 0 Å². The molecule has 1 atom stereocenters. The largest absolute Gasteiger partial charge is 0.481 e. The first-order valence-corrected chi connectivity index (χ1v) is 4.53. The van der Waals surface area contributed by atoms with Crippen molar-refractivity contribution in [3.8, 4) is 5.88 Å². The molecule has 0 amide bonds. The molecule has 14 heavy (non-hydrogen) atoms. The number of ether oxygens (including phenoxy) is 1. The molecule has 1 heterocycles. The van der Waals surface area contributed by atoms with Crippen molar-refractivity contribution in [1.82, 2.24) is 4.98 Å². The number of pyridine rings is 1. The van der Waals surface area contributed by atoms with E-state index in [4.69, 9.17) is 15.6 Å². The van der Waals surface area contributed by atoms with Gasteiger partial charge in [0.15, 0.2) is 0 Å². The first kappa shape index (κ1) is 10.9. The molecule has 0 radical (unpaired) electrons. The summed E-state index contributed by atoms with van der Waals surface area (Å²) < 4.78 is 5.41. The van der Waals surface area contributed by atoms with E-state index in [1.54, 1.807) is 0 Å². The van der Waals surface area contributed by atoms with Gasteiger partial charge in [-0.3, -0.25) is 4.79 Å². The zero-order chi connectivity index (χ0) is 10.7. The lowest BCUT2D eigenvalue weighted by Crippen LogP contribution is -2.21. The minimum atomic E-state index is -1.10. The van der Waals surface area contributed by atoms with E-state index in [-0.39, 0.29) is 0 Å². The van der Waals surface area contributed by atoms with Crippen LogP contribution >= 0.6 is 15.9 Å². The van der Waals surface area contributed by atoms with Crippen LogP contribution in [0.2, 0.25) is 0 Å². The lowest BCUT2D eigenvalue weighted by Gasteiger charge is -2.09. The average molecular weight is 261 g/mol. The summed E-state index contributed by atoms with van der Waals surface area (Å²) >= 11 is 3.17. The normalized spacial score (nSPS) is 12.2. The monoisotopic (exact) mass is 260 g/mol. The van der Waals surface area contributed by atoms with Gasteiger partial charge in [0.05, 0.1) is 7.11 Å². The zero-order valence-corrected chi connectivity index (χ0v) is 8.98. The van der Waals surface area contributed by atoms with Gasteiger partial charge in [-0.15, -0.1) is 0 Å². The summed E-state index contributed by atoms with van der Waals surface area (Å²) in [5.74, 6) is -0.765. The fourth-order valence-electron chi connectivity index (χ4n) is 0.917. The van der Waals surface area contributed by atoms with E-state index in [2.05, 4.69) is 20.9 Å². The van der Waals surface area contributed by atoms with E-state index < -0.39 is 12.0 Å². The van der Waals surface area contributed by atoms with Crippen molar-refractivity contribution in [3.05, 3.63) is 22.3 Å². The highest BCUT2D eigenvalue weighted by atomic mass is 79.9. The van der Waals surface area contributed by atoms with Gasteiger partial charge >= 0.3 is 5.97 Å². The van der Waals surface area contributed by atoms with Gasteiger partial charge in [0, 0.05) is 22.3 Å². The fourth-order valence-corrected chi connectivity index (χ4v) is 1.38. The molecule has 76 valence electrons. The number of rotatable bonds is 3. The molecule has 1 unspecified atom stereocenters. The number of hydrogen-bond acceptors (Lipinski definition) is 4. The van der Waals surface area contributed by atoms with Gasteiger partial charge < -0.3 is 15.6 Å². The third-order valence-corrected chi connectivity index (χ3v) is 2.33. The van der Waals surface area contributed by atoms with Crippen LogP contribution in [0.1, 0.15) is 11.6 Å². The van der Waals surface area contributed by atoms with Gasteiger partial charge in [-0.05, 0) is 15.9 Å². The second kappa shape index (κ2) is 4.39. The molecule has 1 rings (SSSR count). The standard InChI is InChI=1S/C8H9BrN2O3/c1-14-6-2-4(5(9)3-11-6)7(10)8(12)13/h2-3,7H,10H2,1H3,(H,12,13). The minimum Gasteiger partial charge on any atom is -0.481 e. The van der Waals surface area contributed by atoms with Crippen molar-refractivity contribution in [2.75, 3.05) is 7.11 Å². The summed E-state index contributed by atoms with van der Waals surface area (Å²) in [6, 6.07) is 0.407. The number of methoxy groups -OCH3 is 1. The maximum absolute atomic E-state index is 10.6. The molecule has 0 aromatic carbocycles. The number of nitrogens with two attached hydrogens (primary N) is 1. The number of aromatic nitrogens is 1. The van der Waals surface area contributed by atoms with E-state index >= 15 is 0 Å². The topological polar surface area (TPSA) is 85.4 Å². The Morgan fingerprint density at radius 1 is 1.79 bits per heavy atom. The highest BCUT2D eigenvalue weighted by molar-refractivity contribution is 9.10. The highest BCUT2D eigenvalue weighted by Crippen LogP contribution is 2.24. The molecule has 0 spiro atoms. The number of halogens is 1. The Morgan fingerprint density at radius 2 is 2.43 bits per heavy atom. The molecule has 0 saturated heterocycles. The predicted octanol–water partition coefficient (Wildman–Crippen LogP) is 0.937. The van der Waals surface area contributed by atoms with Crippen molar-refractivity contribution < 1.29 is 14.6 Å². The highest BCUT2D eigenvalue weighted by Gasteiger charge is 2.18. The van der Waals surface area contributed by atoms with Crippen LogP contribution in [0.3, 0.4) is 0 Å². The van der Waals surface area contributed by atoms with Crippen LogP contribution in [0.15, 0.2) is 16.7 Å². The number of nitrogens with zero attached hydrogens (tertiary/aromatic N) is 1. The molecular formula is C8H9BrN2O3. The predicted molar refractivity (Wildman–Crippen MR) is 53.1 cm³/mol. The molecule has 0 aliphatic carbocycles. The Hall–Kier alpha value is -1.14. The smallest absolute Gasteiger partial charge is 0.325 e. The van der Waals surface area contributed by atoms with E-state index in [9.17, 15) is 4.79 Å². The van der Waals surface area contributed by atoms with Gasteiger partial charge in [-0.1, -0.05) is 0 Å². The molecule has 1 aromatic rings. The zero-order valence-electron chi connectivity index (χ0n) is 7.40. The second-order valence-corrected chi connectivity index (χ2v) is 3.42. The Kier molecular flexibility index (Phi) is 3.43. The van der Waals surface area contributed by atoms with Crippen molar-refractivity contribution in [2.45, 2.75) is 6.04 Å². The Morgan fingerprint density at radius 3 is 2.93 bits per heavy atom. The van der Waals surface area contributed by atoms with E-state index in [0.717, 1.165) is 0 Å². The van der Waals surface area contributed by atoms with Crippen LogP contribution in [0.5, 0.6) is 5.88 Å². The van der Waals surface area contributed by atoms with Gasteiger partial charge in [-0.2, -0.15) is 0 Å². The number of aliphatic carboxylic acids is 1. The molecule has 0 saturated carbocycles. The van der Waals surface area contributed by atoms with Gasteiger partial charge in [0.1, 0.15) is 6.04 Å². The maximum atomic E-state index is 10.6. The quantitative estimate of drug-likeness (QED) is 0.845. The van der Waals surface area contributed by atoms with Gasteiger partial charge in [0.25, 0.3) is 0 Å². The molecule has 6 heteroatoms. The average Bonchev–Trinajstić information content (AvgIpc) is 2.17. The number of carbonyl (C=O) groups is 1. The molecule has 0 aliphatic rings. The van der Waals surface area contributed by atoms with Crippen molar-refractivity contribution in [2.24, 2.45) is 5.73 Å². The van der Waals surface area contributed by atoms with Gasteiger partial charge in [-0.25, -0.2) is 4.98 Å². The first-order chi connectivity index (χ1) is 6.56. The first-order valence-electron chi connectivity index (χ1n) is 3.74.